The van der Waals surface area contributed by atoms with Crippen LogP contribution < -0.4 is 9.47 Å². The van der Waals surface area contributed by atoms with Crippen LogP contribution in [0.2, 0.25) is 0 Å². The lowest BCUT2D eigenvalue weighted by Gasteiger charge is -2.13. The summed E-state index contributed by atoms with van der Waals surface area (Å²) in [6.45, 7) is 6.95. The number of ether oxygens (including phenoxy) is 2. The Bertz CT molecular complexity index is 865. The number of methoxy groups -OCH3 is 1. The van der Waals surface area contributed by atoms with Crippen molar-refractivity contribution in [2.75, 3.05) is 7.11 Å². The Balaban J connectivity index is 1.84. The Hall–Kier alpha value is -2.49. The van der Waals surface area contributed by atoms with Gasteiger partial charge in [-0.2, -0.15) is 5.10 Å². The first-order valence-corrected chi connectivity index (χ1v) is 8.21. The van der Waals surface area contributed by atoms with E-state index >= 15 is 0 Å². The molecular weight excluding hydrogens is 300 g/mol. The molecule has 0 bridgehead atoms. The van der Waals surface area contributed by atoms with E-state index in [0.29, 0.717) is 12.5 Å². The minimum absolute atomic E-state index is 0.426. The molecule has 0 N–H and O–H groups in total. The molecule has 2 aromatic carbocycles. The molecule has 0 spiro atoms. The number of hydrogen-bond acceptors (Lipinski definition) is 3. The quantitative estimate of drug-likeness (QED) is 0.688. The number of aromatic nitrogens is 2. The van der Waals surface area contributed by atoms with Gasteiger partial charge < -0.3 is 9.47 Å². The Morgan fingerprint density at radius 2 is 1.83 bits per heavy atom. The molecule has 3 aromatic rings. The van der Waals surface area contributed by atoms with Crippen molar-refractivity contribution in [3.63, 3.8) is 0 Å². The summed E-state index contributed by atoms with van der Waals surface area (Å²) in [5.74, 6) is 2.08. The Morgan fingerprint density at radius 3 is 2.54 bits per heavy atom. The van der Waals surface area contributed by atoms with Gasteiger partial charge in [-0.05, 0) is 47.7 Å². The molecule has 3 rings (SSSR count). The molecule has 0 radical (unpaired) electrons. The SMILES string of the molecule is COc1cc(OCc2cc(C)c3cn(C)nc3c2)cc(C(C)C)c1. The van der Waals surface area contributed by atoms with Gasteiger partial charge in [-0.3, -0.25) is 4.68 Å². The van der Waals surface area contributed by atoms with Gasteiger partial charge in [0.1, 0.15) is 18.1 Å². The third kappa shape index (κ3) is 3.37. The highest BCUT2D eigenvalue weighted by atomic mass is 16.5. The fourth-order valence-electron chi connectivity index (χ4n) is 2.87. The Morgan fingerprint density at radius 1 is 1.08 bits per heavy atom. The van der Waals surface area contributed by atoms with Crippen molar-refractivity contribution in [3.05, 3.63) is 53.2 Å². The van der Waals surface area contributed by atoms with Crippen LogP contribution in [0.5, 0.6) is 11.5 Å². The van der Waals surface area contributed by atoms with Gasteiger partial charge >= 0.3 is 0 Å². The summed E-state index contributed by atoms with van der Waals surface area (Å²) in [6.07, 6.45) is 2.05. The fraction of sp³-hybridized carbons (Fsp3) is 0.350. The zero-order valence-corrected chi connectivity index (χ0v) is 15.0. The molecule has 0 unspecified atom stereocenters. The van der Waals surface area contributed by atoms with E-state index in [1.807, 2.05) is 24.0 Å². The Kier molecular flexibility index (Phi) is 4.47. The Labute approximate surface area is 143 Å². The number of benzene rings is 2. The zero-order chi connectivity index (χ0) is 17.3. The molecule has 0 aliphatic heterocycles. The third-order valence-corrected chi connectivity index (χ3v) is 4.22. The van der Waals surface area contributed by atoms with Gasteiger partial charge in [0.2, 0.25) is 0 Å². The van der Waals surface area contributed by atoms with Crippen molar-refractivity contribution in [1.29, 1.82) is 0 Å². The van der Waals surface area contributed by atoms with E-state index in [9.17, 15) is 0 Å². The van der Waals surface area contributed by atoms with Gasteiger partial charge in [0, 0.05) is 24.7 Å². The average molecular weight is 324 g/mol. The van der Waals surface area contributed by atoms with E-state index in [1.165, 1.54) is 16.5 Å². The van der Waals surface area contributed by atoms with Crippen LogP contribution >= 0.6 is 0 Å². The van der Waals surface area contributed by atoms with Crippen molar-refractivity contribution >= 4 is 10.9 Å². The van der Waals surface area contributed by atoms with Crippen LogP contribution in [-0.2, 0) is 13.7 Å². The van der Waals surface area contributed by atoms with E-state index in [4.69, 9.17) is 9.47 Å². The first kappa shape index (κ1) is 16.4. The summed E-state index contributed by atoms with van der Waals surface area (Å²) in [6, 6.07) is 10.3. The minimum atomic E-state index is 0.426. The maximum Gasteiger partial charge on any atom is 0.123 e. The summed E-state index contributed by atoms with van der Waals surface area (Å²) in [5.41, 5.74) is 4.55. The van der Waals surface area contributed by atoms with Crippen LogP contribution in [-0.4, -0.2) is 16.9 Å². The van der Waals surface area contributed by atoms with E-state index in [1.54, 1.807) is 7.11 Å². The highest BCUT2D eigenvalue weighted by molar-refractivity contribution is 5.82. The standard InChI is InChI=1S/C20H24N2O2/c1-13(2)16-8-17(23-5)10-18(9-16)24-12-15-6-14(3)19-11-22(4)21-20(19)7-15/h6-11,13H,12H2,1-5H3. The lowest BCUT2D eigenvalue weighted by atomic mass is 10.0. The van der Waals surface area contributed by atoms with E-state index in [2.05, 4.69) is 50.1 Å². The van der Waals surface area contributed by atoms with Crippen LogP contribution in [0.4, 0.5) is 0 Å². The summed E-state index contributed by atoms with van der Waals surface area (Å²) in [4.78, 5) is 0. The first-order chi connectivity index (χ1) is 11.5. The topological polar surface area (TPSA) is 36.3 Å². The molecule has 0 aliphatic rings. The molecule has 0 saturated heterocycles. The van der Waals surface area contributed by atoms with Crippen LogP contribution in [0.1, 0.15) is 36.5 Å². The highest BCUT2D eigenvalue weighted by Gasteiger charge is 2.08. The monoisotopic (exact) mass is 324 g/mol. The van der Waals surface area contributed by atoms with Crippen LogP contribution in [0, 0.1) is 6.92 Å². The van der Waals surface area contributed by atoms with Gasteiger partial charge in [-0.25, -0.2) is 0 Å². The molecule has 24 heavy (non-hydrogen) atoms. The summed E-state index contributed by atoms with van der Waals surface area (Å²) >= 11 is 0. The predicted octanol–water partition coefficient (Wildman–Crippen LogP) is 4.59. The van der Waals surface area contributed by atoms with Crippen LogP contribution in [0.25, 0.3) is 10.9 Å². The van der Waals surface area contributed by atoms with E-state index in [0.717, 1.165) is 22.6 Å². The van der Waals surface area contributed by atoms with Crippen molar-refractivity contribution in [3.8, 4) is 11.5 Å². The van der Waals surface area contributed by atoms with Crippen LogP contribution in [0.15, 0.2) is 36.5 Å². The average Bonchev–Trinajstić information content (AvgIpc) is 2.93. The smallest absolute Gasteiger partial charge is 0.123 e. The van der Waals surface area contributed by atoms with E-state index < -0.39 is 0 Å². The van der Waals surface area contributed by atoms with Crippen molar-refractivity contribution < 1.29 is 9.47 Å². The van der Waals surface area contributed by atoms with Crippen molar-refractivity contribution in [2.24, 2.45) is 7.05 Å². The predicted molar refractivity (Wildman–Crippen MR) is 96.9 cm³/mol. The number of rotatable bonds is 5. The van der Waals surface area contributed by atoms with E-state index in [-0.39, 0.29) is 0 Å². The maximum atomic E-state index is 6.02. The maximum absolute atomic E-state index is 6.02. The number of hydrogen-bond donors (Lipinski definition) is 0. The molecule has 126 valence electrons. The second-order valence-corrected chi connectivity index (χ2v) is 6.53. The molecule has 0 fully saturated rings. The summed E-state index contributed by atoms with van der Waals surface area (Å²) in [7, 11) is 3.63. The van der Waals surface area contributed by atoms with Crippen molar-refractivity contribution in [1.82, 2.24) is 9.78 Å². The minimum Gasteiger partial charge on any atom is -0.497 e. The first-order valence-electron chi connectivity index (χ1n) is 8.21. The number of nitrogens with zero attached hydrogens (tertiary/aromatic N) is 2. The third-order valence-electron chi connectivity index (χ3n) is 4.22. The van der Waals surface area contributed by atoms with Crippen molar-refractivity contribution in [2.45, 2.75) is 33.3 Å². The molecular formula is C20H24N2O2. The fourth-order valence-corrected chi connectivity index (χ4v) is 2.87. The molecule has 0 atom stereocenters. The lowest BCUT2D eigenvalue weighted by molar-refractivity contribution is 0.303. The second kappa shape index (κ2) is 6.56. The summed E-state index contributed by atoms with van der Waals surface area (Å²) < 4.78 is 13.3. The molecule has 0 aliphatic carbocycles. The normalized spacial score (nSPS) is 11.2. The summed E-state index contributed by atoms with van der Waals surface area (Å²) in [5, 5.41) is 5.68. The molecule has 1 heterocycles. The van der Waals surface area contributed by atoms with Gasteiger partial charge in [-0.1, -0.05) is 19.9 Å². The van der Waals surface area contributed by atoms with Crippen LogP contribution in [0.3, 0.4) is 0 Å². The largest absolute Gasteiger partial charge is 0.497 e. The molecule has 0 amide bonds. The molecule has 4 nitrogen and oxygen atoms in total. The highest BCUT2D eigenvalue weighted by Crippen LogP contribution is 2.28. The molecule has 1 aromatic heterocycles. The van der Waals surface area contributed by atoms with Gasteiger partial charge in [0.15, 0.2) is 0 Å². The molecule has 0 saturated carbocycles. The lowest BCUT2D eigenvalue weighted by Crippen LogP contribution is -1.98. The number of fused-ring (bicyclic) bond motifs is 1. The molecule has 4 heteroatoms. The van der Waals surface area contributed by atoms with Gasteiger partial charge in [-0.15, -0.1) is 0 Å². The number of aryl methyl sites for hydroxylation is 2. The van der Waals surface area contributed by atoms with Gasteiger partial charge in [0.05, 0.1) is 12.6 Å². The zero-order valence-electron chi connectivity index (χ0n) is 15.0. The van der Waals surface area contributed by atoms with Gasteiger partial charge in [0.25, 0.3) is 0 Å². The second-order valence-electron chi connectivity index (χ2n) is 6.53.